The maximum absolute atomic E-state index is 12.4. The van der Waals surface area contributed by atoms with Gasteiger partial charge >= 0.3 is 17.9 Å². The lowest BCUT2D eigenvalue weighted by molar-refractivity contribution is -0.159. The molecule has 0 radical (unpaired) electrons. The van der Waals surface area contributed by atoms with E-state index >= 15 is 0 Å². The van der Waals surface area contributed by atoms with Crippen LogP contribution in [0.4, 0.5) is 5.82 Å². The van der Waals surface area contributed by atoms with Crippen LogP contribution in [-0.4, -0.2) is 135 Å². The molecule has 1 atom stereocenters. The standard InChI is InChI=1S/C12H11BrClN3O.C12H12ClN3O.C8H9BrClN3.C6H15N.C4HBrCl2N2.C4H4BrNO2.C4H9N.C4H6O2.C2H2O4.C2H2.CH4.H3P/c1-6-8-5-15-12(14)16-10(8)17(7-3-2-4-7)11(18)9(6)13;1-7-5-10(17)16(8-3-2-4-8)11-9(7)6-14-12(13)15-11;9-6-4-11-8(10)13-7(6)12-5-2-1-3-5;1-4-7(5-2)6-3;5-2-1-8-4(7)9-3(2)6;5-6-3(7)1-2-4(6)8;5-4-2-1-3-4;1-2-3-4(5)6;3-1(4)2(5)6;1-2;;/h5,7H,2-4H2,1H3;5-6,8H,2-4H2,1H3;4-5H,1-3H2,(H,11,12,13);4-6H2,1-3H3;1H;1-2H2;4H,1-3,5H2;2-3H,1H3,(H,5,6);(H,3,4)(H,5,6);1-2H;1H4;1H3/b;;;;;;;3-2+;;;;. The van der Waals surface area contributed by atoms with Gasteiger partial charge in [0.25, 0.3) is 11.1 Å². The highest BCUT2D eigenvalue weighted by Gasteiger charge is 2.28. The molecule has 5 aliphatic rings. The molecule has 1 unspecified atom stereocenters. The molecule has 4 aliphatic carbocycles. The van der Waals surface area contributed by atoms with E-state index in [1.165, 1.54) is 76.9 Å². The van der Waals surface area contributed by atoms with Crippen molar-refractivity contribution in [3.63, 3.8) is 0 Å². The minimum absolute atomic E-state index is 0. The summed E-state index contributed by atoms with van der Waals surface area (Å²) in [6.45, 7) is 15.6. The topological polar surface area (TPSA) is 338 Å². The second-order valence-corrected chi connectivity index (χ2v) is 24.7. The number of terminal acetylenes is 1. The summed E-state index contributed by atoms with van der Waals surface area (Å²) in [6, 6.07) is 3.29. The number of allylic oxidation sites excluding steroid dienone is 1. The summed E-state index contributed by atoms with van der Waals surface area (Å²) >= 11 is 40.9. The Balaban J connectivity index is 0.00000105. The van der Waals surface area contributed by atoms with Crippen molar-refractivity contribution in [2.45, 2.75) is 163 Å². The molecule has 93 heavy (non-hydrogen) atoms. The van der Waals surface area contributed by atoms with Crippen LogP contribution in [0, 0.1) is 26.7 Å². The summed E-state index contributed by atoms with van der Waals surface area (Å²) < 4.78 is 6.60. The number of hydrogen-bond donors (Lipinski definition) is 5. The summed E-state index contributed by atoms with van der Waals surface area (Å²) in [7, 11) is 0. The average Bonchev–Trinajstić information content (AvgIpc) is 1.08. The monoisotopic (exact) mass is 1660 g/mol. The third-order valence-electron chi connectivity index (χ3n) is 13.8. The number of aryl methyl sites for hydroxylation is 2. The van der Waals surface area contributed by atoms with Gasteiger partial charge in [0, 0.05) is 84.7 Å². The number of amides is 2. The van der Waals surface area contributed by atoms with E-state index in [0.29, 0.717) is 50.3 Å². The van der Waals surface area contributed by atoms with E-state index < -0.39 is 17.9 Å². The van der Waals surface area contributed by atoms with Gasteiger partial charge in [-0.25, -0.2) is 43.2 Å². The number of nitrogens with two attached hydrogens (primary N) is 1. The van der Waals surface area contributed by atoms with Gasteiger partial charge in [0.15, 0.2) is 0 Å². The number of nitrogens with zero attached hydrogens (tertiary/aromatic N) is 12. The molecule has 7 heterocycles. The summed E-state index contributed by atoms with van der Waals surface area (Å²) in [5.74, 6) is -4.03. The Morgan fingerprint density at radius 3 is 1.41 bits per heavy atom. The summed E-state index contributed by atoms with van der Waals surface area (Å²) in [4.78, 5) is 107. The molecule has 0 spiro atoms. The van der Waals surface area contributed by atoms with Crippen molar-refractivity contribution >= 4 is 189 Å². The van der Waals surface area contributed by atoms with Crippen LogP contribution in [0.3, 0.4) is 0 Å². The molecule has 24 nitrogen and oxygen atoms in total. The fourth-order valence-electron chi connectivity index (χ4n) is 7.83. The van der Waals surface area contributed by atoms with E-state index in [1.54, 1.807) is 40.7 Å². The third kappa shape index (κ3) is 30.0. The number of nitrogens with one attached hydrogen (secondary N) is 1. The molecular weight excluding hydrogens is 1590 g/mol. The van der Waals surface area contributed by atoms with E-state index in [4.69, 9.17) is 88.6 Å². The molecule has 1 saturated heterocycles. The Bertz CT molecular complexity index is 3550. The molecule has 0 aromatic carbocycles. The number of carboxylic acids is 3. The Morgan fingerprint density at radius 2 is 1.08 bits per heavy atom. The zero-order chi connectivity index (χ0) is 68.7. The fraction of sp³-hybridized carbons (Fsp3) is 0.475. The van der Waals surface area contributed by atoms with E-state index in [0.717, 1.165) is 74.3 Å². The van der Waals surface area contributed by atoms with Crippen molar-refractivity contribution in [1.82, 2.24) is 57.8 Å². The predicted octanol–water partition coefficient (Wildman–Crippen LogP) is 14.2. The first-order valence-corrected chi connectivity index (χ1v) is 33.3. The Morgan fingerprint density at radius 1 is 0.667 bits per heavy atom. The van der Waals surface area contributed by atoms with Crippen LogP contribution >= 0.6 is 132 Å². The van der Waals surface area contributed by atoms with Crippen LogP contribution in [-0.2, 0) is 24.0 Å². The second-order valence-electron chi connectivity index (χ2n) is 19.8. The van der Waals surface area contributed by atoms with Gasteiger partial charge < -0.3 is 31.3 Å². The number of aromatic nitrogens is 10. The van der Waals surface area contributed by atoms with E-state index in [1.807, 2.05) is 13.8 Å². The highest BCUT2D eigenvalue weighted by Crippen LogP contribution is 2.35. The number of hydrogen-bond acceptors (Lipinski definition) is 18. The lowest BCUT2D eigenvalue weighted by Crippen LogP contribution is -2.30. The van der Waals surface area contributed by atoms with Gasteiger partial charge in [-0.2, -0.15) is 24.9 Å². The number of anilines is 1. The molecule has 2 amide bonds. The van der Waals surface area contributed by atoms with Crippen LogP contribution in [0.1, 0.15) is 148 Å². The molecule has 6 aromatic rings. The molecule has 5 fully saturated rings. The molecule has 6 aromatic heterocycles. The lowest BCUT2D eigenvalue weighted by Gasteiger charge is -2.29. The Hall–Kier alpha value is -4.89. The predicted molar refractivity (Wildman–Crippen MR) is 387 cm³/mol. The summed E-state index contributed by atoms with van der Waals surface area (Å²) in [6.07, 6.45) is 31.9. The quantitative estimate of drug-likeness (QED) is 0.0138. The first-order chi connectivity index (χ1) is 43.1. The zero-order valence-electron chi connectivity index (χ0n) is 51.3. The number of carbonyl (C=O) groups excluding carboxylic acids is 2. The molecule has 4 saturated carbocycles. The largest absolute Gasteiger partial charge is 0.478 e. The number of aliphatic carboxylic acids is 3. The first kappa shape index (κ1) is 88.1. The number of pyridine rings is 2. The third-order valence-corrected chi connectivity index (χ3v) is 17.9. The van der Waals surface area contributed by atoms with Crippen LogP contribution in [0.5, 0.6) is 0 Å². The number of carbonyl (C=O) groups is 5. The number of rotatable bonds is 8. The molecule has 512 valence electrons. The lowest BCUT2D eigenvalue weighted by atomic mass is 9.92. The van der Waals surface area contributed by atoms with Crippen molar-refractivity contribution in [1.29, 1.82) is 0 Å². The van der Waals surface area contributed by atoms with Gasteiger partial charge in [0.05, 0.1) is 29.6 Å². The highest BCUT2D eigenvalue weighted by atomic mass is 79.9. The highest BCUT2D eigenvalue weighted by molar-refractivity contribution is 9.11. The van der Waals surface area contributed by atoms with Gasteiger partial charge in [-0.05, 0) is 216 Å². The maximum atomic E-state index is 12.4. The minimum atomic E-state index is -1.82. The molecule has 34 heteroatoms. The normalized spacial score (nSPS) is 14.3. The molecule has 11 rings (SSSR count). The number of imide groups is 1. The van der Waals surface area contributed by atoms with Gasteiger partial charge in [-0.15, -0.1) is 12.8 Å². The van der Waals surface area contributed by atoms with Crippen molar-refractivity contribution in [3.05, 3.63) is 115 Å². The number of carboxylic acid groups (broad SMARTS) is 3. The smallest absolute Gasteiger partial charge is 0.414 e. The van der Waals surface area contributed by atoms with Crippen molar-refractivity contribution in [2.75, 3.05) is 25.0 Å². The fourth-order valence-corrected chi connectivity index (χ4v) is 9.79. The second kappa shape index (κ2) is 46.3. The van der Waals surface area contributed by atoms with Gasteiger partial charge in [0.2, 0.25) is 32.9 Å². The minimum Gasteiger partial charge on any atom is -0.478 e. The van der Waals surface area contributed by atoms with Gasteiger partial charge in [0.1, 0.15) is 22.3 Å². The van der Waals surface area contributed by atoms with E-state index in [-0.39, 0.29) is 73.5 Å². The van der Waals surface area contributed by atoms with Crippen molar-refractivity contribution in [3.8, 4) is 12.8 Å². The van der Waals surface area contributed by atoms with Gasteiger partial charge in [-0.1, -0.05) is 52.3 Å². The van der Waals surface area contributed by atoms with Crippen LogP contribution in [0.2, 0.25) is 26.3 Å². The number of fused-ring (bicyclic) bond motifs is 2. The van der Waals surface area contributed by atoms with Crippen LogP contribution in [0.15, 0.2) is 66.0 Å². The molecule has 0 bridgehead atoms. The van der Waals surface area contributed by atoms with Crippen LogP contribution in [0.25, 0.3) is 22.1 Å². The Labute approximate surface area is 602 Å². The summed E-state index contributed by atoms with van der Waals surface area (Å²) in [5, 5.41) is 28.8. The Kier molecular flexibility index (Phi) is 43.9. The first-order valence-electron chi connectivity index (χ1n) is 28.3. The average molecular weight is 1670 g/mol. The van der Waals surface area contributed by atoms with E-state index in [9.17, 15) is 24.0 Å². The zero-order valence-corrected chi connectivity index (χ0v) is 62.8. The molecule has 6 N–H and O–H groups in total. The van der Waals surface area contributed by atoms with Gasteiger partial charge in [-0.3, -0.25) is 28.3 Å². The SMILES string of the molecule is C.C#C.C/C=C/C(=O)O.CCN(CC)CC.Cc1c(Br)c(=O)n(C2CCC2)c2nc(Cl)ncc12.Cc1cc(=O)n(C2CCC2)c2nc(Cl)ncc12.Clc1ncc(Br)c(Cl)n1.Clc1ncc(Br)c(NC2CCC2)n1.NC1CCC1.O=C(O)C(=O)O.O=C1CCC(=O)N1Br.P. The number of halogens is 9. The molecular formula is C59H78Br4Cl5N14O10P. The maximum Gasteiger partial charge on any atom is 0.414 e. The van der Waals surface area contributed by atoms with Crippen LogP contribution < -0.4 is 22.2 Å². The van der Waals surface area contributed by atoms with Crippen molar-refractivity contribution in [2.24, 2.45) is 5.73 Å². The van der Waals surface area contributed by atoms with E-state index in [2.05, 4.69) is 148 Å². The summed E-state index contributed by atoms with van der Waals surface area (Å²) in [5.41, 5.74) is 8.43. The molecule has 1 aliphatic heterocycles. The van der Waals surface area contributed by atoms with Crippen molar-refractivity contribution < 1.29 is 39.3 Å².